The van der Waals surface area contributed by atoms with Gasteiger partial charge in [0.15, 0.2) is 0 Å². The Morgan fingerprint density at radius 1 is 0.909 bits per heavy atom. The maximum atomic E-state index is 12.7. The topological polar surface area (TPSA) is 99.1 Å². The predicted octanol–water partition coefficient (Wildman–Crippen LogP) is 3.80. The average Bonchev–Trinajstić information content (AvgIpc) is 3.09. The molecule has 0 unspecified atom stereocenters. The summed E-state index contributed by atoms with van der Waals surface area (Å²) in [6, 6.07) is 0. The summed E-state index contributed by atoms with van der Waals surface area (Å²) in [6.45, 7) is 7.56. The summed E-state index contributed by atoms with van der Waals surface area (Å²) in [5, 5.41) is 12.0. The summed E-state index contributed by atoms with van der Waals surface area (Å²) in [6.07, 6.45) is 6.57. The van der Waals surface area contributed by atoms with Crippen LogP contribution >= 0.6 is 0 Å². The van der Waals surface area contributed by atoms with Crippen molar-refractivity contribution in [2.45, 2.75) is 97.2 Å². The van der Waals surface area contributed by atoms with E-state index in [2.05, 4.69) is 6.92 Å². The van der Waals surface area contributed by atoms with Gasteiger partial charge < -0.3 is 19.3 Å². The maximum absolute atomic E-state index is 12.7. The summed E-state index contributed by atoms with van der Waals surface area (Å²) < 4.78 is 16.6. The smallest absolute Gasteiger partial charge is 0.309 e. The molecule has 33 heavy (non-hydrogen) atoms. The van der Waals surface area contributed by atoms with Crippen LogP contribution in [0.1, 0.15) is 85.5 Å². The molecule has 0 aliphatic heterocycles. The molecule has 4 fully saturated rings. The molecular formula is C26H40O7. The number of carbonyl (C=O) groups excluding carboxylic acids is 3. The van der Waals surface area contributed by atoms with Gasteiger partial charge in [-0.15, -0.1) is 0 Å². The van der Waals surface area contributed by atoms with Gasteiger partial charge >= 0.3 is 17.9 Å². The first-order valence-corrected chi connectivity index (χ1v) is 12.8. The van der Waals surface area contributed by atoms with Crippen LogP contribution < -0.4 is 0 Å². The number of rotatable bonds is 5. The van der Waals surface area contributed by atoms with Gasteiger partial charge in [-0.2, -0.15) is 0 Å². The number of aliphatic hydroxyl groups is 1. The minimum atomic E-state index is -1.03. The van der Waals surface area contributed by atoms with Gasteiger partial charge in [-0.1, -0.05) is 6.92 Å². The van der Waals surface area contributed by atoms with Gasteiger partial charge in [0.25, 0.3) is 0 Å². The van der Waals surface area contributed by atoms with Crippen molar-refractivity contribution in [3.63, 3.8) is 0 Å². The summed E-state index contributed by atoms with van der Waals surface area (Å²) in [7, 11) is 0. The van der Waals surface area contributed by atoms with Gasteiger partial charge in [0.2, 0.25) is 0 Å². The number of hydrogen-bond acceptors (Lipinski definition) is 7. The molecule has 0 heterocycles. The number of carbonyl (C=O) groups is 3. The summed E-state index contributed by atoms with van der Waals surface area (Å²) in [5.74, 6) is 0.208. The Morgan fingerprint density at radius 3 is 2.33 bits per heavy atom. The van der Waals surface area contributed by atoms with Crippen LogP contribution in [0.5, 0.6) is 0 Å². The van der Waals surface area contributed by atoms with Gasteiger partial charge in [0.05, 0.1) is 24.7 Å². The van der Waals surface area contributed by atoms with Crippen molar-refractivity contribution in [2.75, 3.05) is 13.2 Å². The molecule has 7 heteroatoms. The van der Waals surface area contributed by atoms with E-state index in [4.69, 9.17) is 14.2 Å². The molecule has 1 N–H and O–H groups in total. The Kier molecular flexibility index (Phi) is 6.58. The third-order valence-corrected chi connectivity index (χ3v) is 9.88. The quantitative estimate of drug-likeness (QED) is 0.488. The van der Waals surface area contributed by atoms with Gasteiger partial charge in [-0.05, 0) is 81.5 Å². The predicted molar refractivity (Wildman–Crippen MR) is 120 cm³/mol. The number of hydrogen-bond donors (Lipinski definition) is 1. The van der Waals surface area contributed by atoms with Crippen LogP contribution in [-0.4, -0.2) is 47.9 Å². The maximum Gasteiger partial charge on any atom is 0.309 e. The van der Waals surface area contributed by atoms with E-state index in [9.17, 15) is 19.5 Å². The fourth-order valence-electron chi connectivity index (χ4n) is 8.51. The number of ether oxygens (including phenoxy) is 3. The molecule has 7 nitrogen and oxygen atoms in total. The number of fused-ring (bicyclic) bond motifs is 5. The largest absolute Gasteiger partial charge is 0.466 e. The van der Waals surface area contributed by atoms with Crippen molar-refractivity contribution in [1.29, 1.82) is 0 Å². The zero-order chi connectivity index (χ0) is 24.0. The van der Waals surface area contributed by atoms with Gasteiger partial charge in [0.1, 0.15) is 6.10 Å². The highest BCUT2D eigenvalue weighted by Crippen LogP contribution is 2.68. The second kappa shape index (κ2) is 8.86. The van der Waals surface area contributed by atoms with Gasteiger partial charge in [-0.3, -0.25) is 14.4 Å². The molecule has 186 valence electrons. The molecule has 4 saturated carbocycles. The molecule has 4 rings (SSSR count). The zero-order valence-electron chi connectivity index (χ0n) is 20.6. The molecule has 0 aromatic rings. The molecule has 0 radical (unpaired) electrons. The molecule has 0 bridgehead atoms. The van der Waals surface area contributed by atoms with E-state index in [1.165, 1.54) is 13.8 Å². The Hall–Kier alpha value is -1.63. The molecule has 4 aliphatic carbocycles. The summed E-state index contributed by atoms with van der Waals surface area (Å²) in [5.41, 5.74) is -1.66. The SMILES string of the molecule is CCOC(=O)[C@H]1CC[C@H]2[C@@H]3CC[C@@]4(O)C[C@H](OC(C)=O)CC[C@]4(COC(C)=O)[C@H]3CC[C@]12C. The van der Waals surface area contributed by atoms with Gasteiger partial charge in [0, 0.05) is 25.7 Å². The van der Waals surface area contributed by atoms with E-state index in [0.717, 1.165) is 32.1 Å². The fourth-order valence-corrected chi connectivity index (χ4v) is 8.51. The van der Waals surface area contributed by atoms with Crippen molar-refractivity contribution in [1.82, 2.24) is 0 Å². The Balaban J connectivity index is 1.63. The van der Waals surface area contributed by atoms with E-state index in [-0.39, 0.29) is 47.9 Å². The first-order chi connectivity index (χ1) is 15.6. The van der Waals surface area contributed by atoms with Gasteiger partial charge in [-0.25, -0.2) is 0 Å². The summed E-state index contributed by atoms with van der Waals surface area (Å²) in [4.78, 5) is 36.1. The van der Waals surface area contributed by atoms with Crippen LogP contribution in [0.3, 0.4) is 0 Å². The zero-order valence-corrected chi connectivity index (χ0v) is 20.6. The lowest BCUT2D eigenvalue weighted by atomic mass is 9.43. The standard InChI is InChI=1S/C26H40O7/c1-5-31-23(29)22-7-6-20-19-9-13-26(30)14-18(33-17(3)28)8-12-25(26,15-32-16(2)27)21(19)10-11-24(20,22)4/h18-22,30H,5-15H2,1-4H3/t18-,19+,20+,21+,22-,24+,25+,26-/m1/s1. The second-order valence-electron chi connectivity index (χ2n) is 11.3. The van der Waals surface area contributed by atoms with Crippen molar-refractivity contribution in [3.05, 3.63) is 0 Å². The highest BCUT2D eigenvalue weighted by molar-refractivity contribution is 5.74. The molecule has 0 saturated heterocycles. The van der Waals surface area contributed by atoms with Crippen LogP contribution in [-0.2, 0) is 28.6 Å². The van der Waals surface area contributed by atoms with Crippen molar-refractivity contribution >= 4 is 17.9 Å². The second-order valence-corrected chi connectivity index (χ2v) is 11.3. The lowest BCUT2D eigenvalue weighted by Crippen LogP contribution is -2.66. The van der Waals surface area contributed by atoms with Crippen molar-refractivity contribution < 1.29 is 33.7 Å². The summed E-state index contributed by atoms with van der Waals surface area (Å²) >= 11 is 0. The van der Waals surface area contributed by atoms with Crippen molar-refractivity contribution in [3.8, 4) is 0 Å². The van der Waals surface area contributed by atoms with E-state index in [1.807, 2.05) is 6.92 Å². The average molecular weight is 465 g/mol. The Bertz CT molecular complexity index is 796. The lowest BCUT2D eigenvalue weighted by Gasteiger charge is -2.64. The molecular weight excluding hydrogens is 424 g/mol. The highest BCUT2D eigenvalue weighted by atomic mass is 16.5. The highest BCUT2D eigenvalue weighted by Gasteiger charge is 2.67. The molecule has 8 atom stereocenters. The minimum Gasteiger partial charge on any atom is -0.466 e. The van der Waals surface area contributed by atoms with E-state index < -0.39 is 11.0 Å². The van der Waals surface area contributed by atoms with Crippen LogP contribution in [0.25, 0.3) is 0 Å². The normalized spacial score (nSPS) is 44.1. The lowest BCUT2D eigenvalue weighted by molar-refractivity contribution is -0.245. The van der Waals surface area contributed by atoms with Crippen LogP contribution in [0.15, 0.2) is 0 Å². The van der Waals surface area contributed by atoms with Crippen LogP contribution in [0, 0.1) is 34.5 Å². The molecule has 0 aromatic carbocycles. The van der Waals surface area contributed by atoms with E-state index in [0.29, 0.717) is 44.1 Å². The minimum absolute atomic E-state index is 0.0617. The third kappa shape index (κ3) is 3.98. The third-order valence-electron chi connectivity index (χ3n) is 9.88. The first-order valence-electron chi connectivity index (χ1n) is 12.8. The van der Waals surface area contributed by atoms with Crippen LogP contribution in [0.2, 0.25) is 0 Å². The Labute approximate surface area is 196 Å². The first kappa shape index (κ1) is 24.5. The molecule has 4 aliphatic rings. The Morgan fingerprint density at radius 2 is 1.67 bits per heavy atom. The number of esters is 3. The van der Waals surface area contributed by atoms with Crippen molar-refractivity contribution in [2.24, 2.45) is 34.5 Å². The van der Waals surface area contributed by atoms with Crippen LogP contribution in [0.4, 0.5) is 0 Å². The fraction of sp³-hybridized carbons (Fsp3) is 0.885. The molecule has 0 aromatic heterocycles. The molecule has 0 spiro atoms. The van der Waals surface area contributed by atoms with E-state index in [1.54, 1.807) is 0 Å². The monoisotopic (exact) mass is 464 g/mol. The molecule has 0 amide bonds. The van der Waals surface area contributed by atoms with E-state index >= 15 is 0 Å².